The highest BCUT2D eigenvalue weighted by Crippen LogP contribution is 2.21. The van der Waals surface area contributed by atoms with Gasteiger partial charge >= 0.3 is 0 Å². The minimum Gasteiger partial charge on any atom is -0.354 e. The molecule has 0 aliphatic carbocycles. The molecule has 2 aliphatic rings. The summed E-state index contributed by atoms with van der Waals surface area (Å²) < 4.78 is 0. The average Bonchev–Trinajstić information content (AvgIpc) is 3.25. The van der Waals surface area contributed by atoms with E-state index in [1.807, 2.05) is 5.38 Å². The van der Waals surface area contributed by atoms with E-state index < -0.39 is 0 Å². The lowest BCUT2D eigenvalue weighted by Crippen LogP contribution is -2.45. The largest absolute Gasteiger partial charge is 0.354 e. The standard InChI is InChI=1S/C17H27N5O2S.2ClH/c1-12(23)20-17-21-14(11-25-17)10-22-7-3-4-13(9-22)8-19-16(24)15-5-2-6-18-15;;/h11,13,15,18H,2-10H2,1H3,(H,19,24)(H,20,21,23);2*1H. The highest BCUT2D eigenvalue weighted by molar-refractivity contribution is 7.13. The van der Waals surface area contributed by atoms with Crippen molar-refractivity contribution in [2.75, 3.05) is 31.5 Å². The average molecular weight is 438 g/mol. The summed E-state index contributed by atoms with van der Waals surface area (Å²) in [5, 5.41) is 11.7. The molecule has 2 amide bonds. The van der Waals surface area contributed by atoms with Gasteiger partial charge in [-0.1, -0.05) is 0 Å². The molecule has 2 atom stereocenters. The van der Waals surface area contributed by atoms with Gasteiger partial charge in [0.15, 0.2) is 5.13 Å². The second-order valence-electron chi connectivity index (χ2n) is 6.96. The molecule has 2 saturated heterocycles. The Balaban J connectivity index is 0.00000182. The number of carbonyl (C=O) groups is 2. The van der Waals surface area contributed by atoms with Gasteiger partial charge in [0, 0.05) is 31.9 Å². The summed E-state index contributed by atoms with van der Waals surface area (Å²) in [5.41, 5.74) is 0.994. The molecular weight excluding hydrogens is 409 g/mol. The molecule has 2 unspecified atom stereocenters. The van der Waals surface area contributed by atoms with Gasteiger partial charge in [0.2, 0.25) is 11.8 Å². The van der Waals surface area contributed by atoms with Crippen LogP contribution in [0.15, 0.2) is 5.38 Å². The van der Waals surface area contributed by atoms with Crippen LogP contribution in [-0.4, -0.2) is 53.9 Å². The zero-order valence-corrected chi connectivity index (χ0v) is 18.0. The molecule has 0 radical (unpaired) electrons. The van der Waals surface area contributed by atoms with Crippen molar-refractivity contribution in [1.82, 2.24) is 20.5 Å². The summed E-state index contributed by atoms with van der Waals surface area (Å²) in [5.74, 6) is 0.549. The number of carbonyl (C=O) groups excluding carboxylic acids is 2. The first-order valence-corrected chi connectivity index (χ1v) is 9.93. The SMILES string of the molecule is CC(=O)Nc1nc(CN2CCCC(CNC(=O)C3CCCN3)C2)cs1.Cl.Cl. The van der Waals surface area contributed by atoms with Crippen LogP contribution in [0.5, 0.6) is 0 Å². The number of aromatic nitrogens is 1. The molecule has 3 heterocycles. The third-order valence-electron chi connectivity index (χ3n) is 4.77. The monoisotopic (exact) mass is 437 g/mol. The number of amides is 2. The molecule has 0 aromatic carbocycles. The second kappa shape index (κ2) is 11.8. The summed E-state index contributed by atoms with van der Waals surface area (Å²) in [6.45, 7) is 6.02. The molecule has 10 heteroatoms. The molecule has 7 nitrogen and oxygen atoms in total. The highest BCUT2D eigenvalue weighted by atomic mass is 35.5. The second-order valence-corrected chi connectivity index (χ2v) is 7.82. The number of halogens is 2. The molecule has 1 aromatic rings. The van der Waals surface area contributed by atoms with Crippen molar-refractivity contribution >= 4 is 53.1 Å². The van der Waals surface area contributed by atoms with Gasteiger partial charge in [0.25, 0.3) is 0 Å². The Kier molecular flexibility index (Phi) is 10.5. The summed E-state index contributed by atoms with van der Waals surface area (Å²) in [6.07, 6.45) is 4.33. The number of anilines is 1. The Morgan fingerprint density at radius 1 is 1.33 bits per heavy atom. The third-order valence-corrected chi connectivity index (χ3v) is 5.57. The van der Waals surface area contributed by atoms with Crippen molar-refractivity contribution in [1.29, 1.82) is 0 Å². The Morgan fingerprint density at radius 3 is 2.85 bits per heavy atom. The molecule has 0 spiro atoms. The van der Waals surface area contributed by atoms with Crippen LogP contribution < -0.4 is 16.0 Å². The number of piperidine rings is 1. The van der Waals surface area contributed by atoms with Crippen molar-refractivity contribution in [3.05, 3.63) is 11.1 Å². The zero-order valence-electron chi connectivity index (χ0n) is 15.5. The predicted molar refractivity (Wildman–Crippen MR) is 113 cm³/mol. The van der Waals surface area contributed by atoms with Gasteiger partial charge < -0.3 is 16.0 Å². The Bertz CT molecular complexity index is 610. The van der Waals surface area contributed by atoms with E-state index in [4.69, 9.17) is 0 Å². The lowest BCUT2D eigenvalue weighted by Gasteiger charge is -2.32. The van der Waals surface area contributed by atoms with Crippen LogP contribution in [0.2, 0.25) is 0 Å². The maximum atomic E-state index is 12.1. The smallest absolute Gasteiger partial charge is 0.237 e. The maximum absolute atomic E-state index is 12.1. The highest BCUT2D eigenvalue weighted by Gasteiger charge is 2.25. The van der Waals surface area contributed by atoms with E-state index in [0.29, 0.717) is 11.0 Å². The molecule has 3 N–H and O–H groups in total. The van der Waals surface area contributed by atoms with Crippen LogP contribution in [0.1, 0.15) is 38.3 Å². The summed E-state index contributed by atoms with van der Waals surface area (Å²) in [6, 6.07) is 0.00176. The first-order chi connectivity index (χ1) is 12.1. The van der Waals surface area contributed by atoms with E-state index in [-0.39, 0.29) is 42.7 Å². The maximum Gasteiger partial charge on any atom is 0.237 e. The fraction of sp³-hybridized carbons (Fsp3) is 0.706. The minimum absolute atomic E-state index is 0. The molecule has 1 aromatic heterocycles. The number of nitrogens with zero attached hydrogens (tertiary/aromatic N) is 2. The molecule has 0 bridgehead atoms. The number of hydrogen-bond acceptors (Lipinski definition) is 6. The molecule has 27 heavy (non-hydrogen) atoms. The minimum atomic E-state index is -0.0913. The number of nitrogens with one attached hydrogen (secondary N) is 3. The van der Waals surface area contributed by atoms with Crippen molar-refractivity contribution in [2.45, 2.75) is 45.2 Å². The molecule has 2 fully saturated rings. The van der Waals surface area contributed by atoms with Gasteiger partial charge in [-0.2, -0.15) is 0 Å². The zero-order chi connectivity index (χ0) is 17.6. The Morgan fingerprint density at radius 2 is 2.15 bits per heavy atom. The molecule has 2 aliphatic heterocycles. The van der Waals surface area contributed by atoms with E-state index in [0.717, 1.165) is 64.1 Å². The van der Waals surface area contributed by atoms with Crippen molar-refractivity contribution < 1.29 is 9.59 Å². The number of likely N-dealkylation sites (tertiary alicyclic amines) is 1. The summed E-state index contributed by atoms with van der Waals surface area (Å²) in [4.78, 5) is 30.1. The molecule has 0 saturated carbocycles. The fourth-order valence-electron chi connectivity index (χ4n) is 3.55. The number of hydrogen-bond donors (Lipinski definition) is 3. The van der Waals surface area contributed by atoms with Crippen molar-refractivity contribution in [3.8, 4) is 0 Å². The van der Waals surface area contributed by atoms with Crippen LogP contribution in [-0.2, 0) is 16.1 Å². The van der Waals surface area contributed by atoms with Crippen molar-refractivity contribution in [2.24, 2.45) is 5.92 Å². The van der Waals surface area contributed by atoms with Gasteiger partial charge in [-0.25, -0.2) is 4.98 Å². The van der Waals surface area contributed by atoms with Crippen LogP contribution in [0.3, 0.4) is 0 Å². The topological polar surface area (TPSA) is 86.4 Å². The molecule has 3 rings (SSSR count). The van der Waals surface area contributed by atoms with E-state index in [9.17, 15) is 9.59 Å². The first kappa shape index (κ1) is 24.1. The Hall–Kier alpha value is -0.930. The summed E-state index contributed by atoms with van der Waals surface area (Å²) >= 11 is 1.46. The van der Waals surface area contributed by atoms with E-state index >= 15 is 0 Å². The molecular formula is C17H29Cl2N5O2S. The van der Waals surface area contributed by atoms with E-state index in [2.05, 4.69) is 25.8 Å². The third kappa shape index (κ3) is 7.54. The van der Waals surface area contributed by atoms with E-state index in [1.165, 1.54) is 18.3 Å². The van der Waals surface area contributed by atoms with Crippen LogP contribution >= 0.6 is 36.2 Å². The van der Waals surface area contributed by atoms with Gasteiger partial charge in [0.05, 0.1) is 11.7 Å². The summed E-state index contributed by atoms with van der Waals surface area (Å²) in [7, 11) is 0. The number of thiazole rings is 1. The normalized spacial score (nSPS) is 22.4. The van der Waals surface area contributed by atoms with Crippen LogP contribution in [0, 0.1) is 5.92 Å². The van der Waals surface area contributed by atoms with E-state index in [1.54, 1.807) is 0 Å². The number of rotatable bonds is 6. The lowest BCUT2D eigenvalue weighted by molar-refractivity contribution is -0.123. The predicted octanol–water partition coefficient (Wildman–Crippen LogP) is 2.03. The Labute approximate surface area is 176 Å². The first-order valence-electron chi connectivity index (χ1n) is 9.05. The van der Waals surface area contributed by atoms with Gasteiger partial charge in [-0.3, -0.25) is 14.5 Å². The van der Waals surface area contributed by atoms with Crippen LogP contribution in [0.4, 0.5) is 5.13 Å². The van der Waals surface area contributed by atoms with Crippen molar-refractivity contribution in [3.63, 3.8) is 0 Å². The molecule has 154 valence electrons. The quantitative estimate of drug-likeness (QED) is 0.633. The van der Waals surface area contributed by atoms with Gasteiger partial charge in [0.1, 0.15) is 0 Å². The van der Waals surface area contributed by atoms with Gasteiger partial charge in [-0.05, 0) is 44.7 Å². The van der Waals surface area contributed by atoms with Gasteiger partial charge in [-0.15, -0.1) is 36.2 Å². The fourth-order valence-corrected chi connectivity index (χ4v) is 4.30. The van der Waals surface area contributed by atoms with Crippen LogP contribution in [0.25, 0.3) is 0 Å². The lowest BCUT2D eigenvalue weighted by atomic mass is 9.97.